The van der Waals surface area contributed by atoms with Gasteiger partial charge in [-0.15, -0.1) is 0 Å². The van der Waals surface area contributed by atoms with Crippen molar-refractivity contribution in [1.82, 2.24) is 9.80 Å². The molecule has 0 aromatic heterocycles. The molecule has 1 aromatic rings. The minimum atomic E-state index is -0.251. The fraction of sp³-hybridized carbons (Fsp3) is 0.429. The van der Waals surface area contributed by atoms with Crippen LogP contribution < -0.4 is 0 Å². The molecule has 2 heterocycles. The number of aliphatic hydroxyl groups excluding tert-OH is 1. The molecule has 1 N–H and O–H groups in total. The zero-order chi connectivity index (χ0) is 13.4. The van der Waals surface area contributed by atoms with Gasteiger partial charge in [0.05, 0.1) is 23.9 Å². The van der Waals surface area contributed by atoms with E-state index in [1.54, 1.807) is 24.3 Å². The van der Waals surface area contributed by atoms with Gasteiger partial charge in [-0.05, 0) is 25.0 Å². The number of hydrogen-bond donors (Lipinski definition) is 1. The number of aliphatic hydroxyl groups is 1. The lowest BCUT2D eigenvalue weighted by molar-refractivity contribution is 0.0385. The summed E-state index contributed by atoms with van der Waals surface area (Å²) in [5.41, 5.74) is 0.981. The molecule has 1 fully saturated rings. The summed E-state index contributed by atoms with van der Waals surface area (Å²) >= 11 is 0. The number of carbonyl (C=O) groups is 2. The number of hydrogen-bond acceptors (Lipinski definition) is 4. The smallest absolute Gasteiger partial charge is 0.262 e. The van der Waals surface area contributed by atoms with Gasteiger partial charge in [-0.2, -0.15) is 0 Å². The third kappa shape index (κ3) is 2.15. The number of nitrogens with zero attached hydrogens (tertiary/aromatic N) is 2. The summed E-state index contributed by atoms with van der Waals surface area (Å²) in [7, 11) is 0. The van der Waals surface area contributed by atoms with Crippen LogP contribution in [0.25, 0.3) is 0 Å². The highest BCUT2D eigenvalue weighted by molar-refractivity contribution is 6.21. The van der Waals surface area contributed by atoms with Gasteiger partial charge in [0, 0.05) is 13.1 Å². The van der Waals surface area contributed by atoms with Crippen molar-refractivity contribution in [3.63, 3.8) is 0 Å². The van der Waals surface area contributed by atoms with E-state index in [1.807, 2.05) is 4.90 Å². The van der Waals surface area contributed by atoms with Gasteiger partial charge >= 0.3 is 0 Å². The van der Waals surface area contributed by atoms with E-state index in [1.165, 1.54) is 4.90 Å². The van der Waals surface area contributed by atoms with Crippen LogP contribution >= 0.6 is 0 Å². The second-order valence-electron chi connectivity index (χ2n) is 5.07. The molecule has 0 saturated carbocycles. The number of amides is 2. The zero-order valence-electron chi connectivity index (χ0n) is 10.6. The van der Waals surface area contributed by atoms with Crippen molar-refractivity contribution >= 4 is 11.8 Å². The predicted molar refractivity (Wildman–Crippen MR) is 68.6 cm³/mol. The van der Waals surface area contributed by atoms with Crippen LogP contribution in [0.3, 0.4) is 0 Å². The van der Waals surface area contributed by atoms with Crippen LogP contribution in [0, 0.1) is 0 Å². The number of fused-ring (bicyclic) bond motifs is 1. The molecule has 0 aliphatic carbocycles. The number of likely N-dealkylation sites (tertiary alicyclic amines) is 1. The Labute approximate surface area is 111 Å². The molecule has 5 nitrogen and oxygen atoms in total. The lowest BCUT2D eigenvalue weighted by atomic mass is 10.1. The quantitative estimate of drug-likeness (QED) is 0.795. The second-order valence-corrected chi connectivity index (χ2v) is 5.07. The van der Waals surface area contributed by atoms with Crippen molar-refractivity contribution in [3.8, 4) is 0 Å². The van der Waals surface area contributed by atoms with E-state index < -0.39 is 0 Å². The molecule has 100 valence electrons. The summed E-state index contributed by atoms with van der Waals surface area (Å²) < 4.78 is 0. The summed E-state index contributed by atoms with van der Waals surface area (Å²) in [6.07, 6.45) is 1.14. The molecule has 0 spiro atoms. The van der Waals surface area contributed by atoms with E-state index in [9.17, 15) is 14.7 Å². The summed E-state index contributed by atoms with van der Waals surface area (Å²) in [5.74, 6) is -0.432. The molecule has 2 aliphatic rings. The number of piperidine rings is 1. The standard InChI is InChI=1S/C14H16N2O3/c17-10-5-7-15(8-6-10)9-16-13(18)11-3-1-2-4-12(11)14(16)19/h1-4,10,17H,5-9H2. The van der Waals surface area contributed by atoms with Gasteiger partial charge in [-0.25, -0.2) is 0 Å². The molecule has 0 bridgehead atoms. The Morgan fingerprint density at radius 3 is 2.11 bits per heavy atom. The largest absolute Gasteiger partial charge is 0.393 e. The third-order valence-corrected chi connectivity index (χ3v) is 3.78. The molecule has 0 unspecified atom stereocenters. The minimum Gasteiger partial charge on any atom is -0.393 e. The number of carbonyl (C=O) groups excluding carboxylic acids is 2. The van der Waals surface area contributed by atoms with E-state index in [0.717, 1.165) is 0 Å². The van der Waals surface area contributed by atoms with Crippen LogP contribution in [-0.2, 0) is 0 Å². The first-order valence-electron chi connectivity index (χ1n) is 6.52. The van der Waals surface area contributed by atoms with Gasteiger partial charge < -0.3 is 5.11 Å². The summed E-state index contributed by atoms with van der Waals surface area (Å²) in [6, 6.07) is 6.92. The Kier molecular flexibility index (Phi) is 3.08. The van der Waals surface area contributed by atoms with Crippen molar-refractivity contribution < 1.29 is 14.7 Å². The van der Waals surface area contributed by atoms with Crippen molar-refractivity contribution in [2.75, 3.05) is 19.8 Å². The Hall–Kier alpha value is -1.72. The molecule has 5 heteroatoms. The Balaban J connectivity index is 1.74. The van der Waals surface area contributed by atoms with Crippen molar-refractivity contribution in [3.05, 3.63) is 35.4 Å². The monoisotopic (exact) mass is 260 g/mol. The first-order chi connectivity index (χ1) is 9.16. The van der Waals surface area contributed by atoms with E-state index >= 15 is 0 Å². The summed E-state index contributed by atoms with van der Waals surface area (Å²) in [6.45, 7) is 1.75. The fourth-order valence-electron chi connectivity index (χ4n) is 2.63. The maximum Gasteiger partial charge on any atom is 0.262 e. The van der Waals surface area contributed by atoms with Gasteiger partial charge in [0.15, 0.2) is 0 Å². The van der Waals surface area contributed by atoms with Gasteiger partial charge in [0.25, 0.3) is 11.8 Å². The maximum atomic E-state index is 12.2. The SMILES string of the molecule is O=C1c2ccccc2C(=O)N1CN1CCC(O)CC1. The number of imide groups is 1. The Morgan fingerprint density at radius 2 is 1.58 bits per heavy atom. The number of benzene rings is 1. The van der Waals surface area contributed by atoms with Crippen molar-refractivity contribution in [2.45, 2.75) is 18.9 Å². The molecular weight excluding hydrogens is 244 g/mol. The average molecular weight is 260 g/mol. The van der Waals surface area contributed by atoms with Gasteiger partial charge in [-0.3, -0.25) is 19.4 Å². The molecule has 2 amide bonds. The Morgan fingerprint density at radius 1 is 1.05 bits per heavy atom. The highest BCUT2D eigenvalue weighted by atomic mass is 16.3. The lowest BCUT2D eigenvalue weighted by Gasteiger charge is -2.31. The van der Waals surface area contributed by atoms with E-state index in [2.05, 4.69) is 0 Å². The van der Waals surface area contributed by atoms with Crippen LogP contribution in [0.15, 0.2) is 24.3 Å². The topological polar surface area (TPSA) is 60.9 Å². The molecule has 1 aromatic carbocycles. The van der Waals surface area contributed by atoms with Crippen LogP contribution in [0.4, 0.5) is 0 Å². The molecule has 1 saturated heterocycles. The van der Waals surface area contributed by atoms with E-state index in [4.69, 9.17) is 0 Å². The molecule has 0 atom stereocenters. The highest BCUT2D eigenvalue weighted by Gasteiger charge is 2.36. The first-order valence-corrected chi connectivity index (χ1v) is 6.52. The maximum absolute atomic E-state index is 12.2. The molecule has 3 rings (SSSR count). The van der Waals surface area contributed by atoms with Gasteiger partial charge in [0.1, 0.15) is 0 Å². The first kappa shape index (κ1) is 12.3. The van der Waals surface area contributed by atoms with Crippen LogP contribution in [0.1, 0.15) is 33.6 Å². The van der Waals surface area contributed by atoms with Crippen molar-refractivity contribution in [2.24, 2.45) is 0 Å². The fourth-order valence-corrected chi connectivity index (χ4v) is 2.63. The third-order valence-electron chi connectivity index (χ3n) is 3.78. The zero-order valence-corrected chi connectivity index (χ0v) is 10.6. The molecule has 0 radical (unpaired) electrons. The van der Waals surface area contributed by atoms with Crippen LogP contribution in [-0.4, -0.2) is 52.6 Å². The normalized spacial score (nSPS) is 21.0. The molecule has 19 heavy (non-hydrogen) atoms. The van der Waals surface area contributed by atoms with E-state index in [0.29, 0.717) is 43.7 Å². The predicted octanol–water partition coefficient (Wildman–Crippen LogP) is 0.697. The Bertz CT molecular complexity index is 486. The molecule has 2 aliphatic heterocycles. The van der Waals surface area contributed by atoms with Crippen molar-refractivity contribution in [1.29, 1.82) is 0 Å². The van der Waals surface area contributed by atoms with Gasteiger partial charge in [-0.1, -0.05) is 12.1 Å². The molecular formula is C14H16N2O3. The second kappa shape index (κ2) is 4.75. The average Bonchev–Trinajstić information content (AvgIpc) is 2.67. The van der Waals surface area contributed by atoms with Crippen LogP contribution in [0.2, 0.25) is 0 Å². The summed E-state index contributed by atoms with van der Waals surface area (Å²) in [4.78, 5) is 27.7. The lowest BCUT2D eigenvalue weighted by Crippen LogP contribution is -2.45. The van der Waals surface area contributed by atoms with Gasteiger partial charge in [0.2, 0.25) is 0 Å². The minimum absolute atomic E-state index is 0.216. The van der Waals surface area contributed by atoms with Crippen LogP contribution in [0.5, 0.6) is 0 Å². The highest BCUT2D eigenvalue weighted by Crippen LogP contribution is 2.23. The van der Waals surface area contributed by atoms with E-state index in [-0.39, 0.29) is 17.9 Å². The number of rotatable bonds is 2. The summed E-state index contributed by atoms with van der Waals surface area (Å²) in [5, 5.41) is 9.46.